The summed E-state index contributed by atoms with van der Waals surface area (Å²) in [5.74, 6) is 0.103. The largest absolute Gasteiger partial charge is 0.380 e. The van der Waals surface area contributed by atoms with Crippen LogP contribution in [0.25, 0.3) is 22.8 Å². The zero-order valence-corrected chi connectivity index (χ0v) is 14.4. The van der Waals surface area contributed by atoms with Crippen LogP contribution in [0.4, 0.5) is 4.39 Å². The van der Waals surface area contributed by atoms with Crippen LogP contribution in [-0.4, -0.2) is 21.6 Å². The second-order valence-corrected chi connectivity index (χ2v) is 6.16. The first-order valence-corrected chi connectivity index (χ1v) is 8.38. The fraction of sp³-hybridized carbons (Fsp3) is 0.143. The van der Waals surface area contributed by atoms with Crippen molar-refractivity contribution in [3.05, 3.63) is 83.9 Å². The molecule has 0 N–H and O–H groups in total. The minimum atomic E-state index is -0.313. The molecule has 2 aromatic carbocycles. The van der Waals surface area contributed by atoms with Crippen LogP contribution in [0.1, 0.15) is 11.1 Å². The lowest BCUT2D eigenvalue weighted by molar-refractivity contribution is 0.185. The number of hydrogen-bond acceptors (Lipinski definition) is 3. The Hall–Kier alpha value is -3.05. The molecule has 0 aliphatic carbocycles. The van der Waals surface area contributed by atoms with Crippen LogP contribution in [0.2, 0.25) is 0 Å². The summed E-state index contributed by atoms with van der Waals surface area (Å²) in [7, 11) is 1.69. The number of rotatable bonds is 5. The van der Waals surface area contributed by atoms with E-state index in [4.69, 9.17) is 4.74 Å². The first-order valence-electron chi connectivity index (χ1n) is 8.38. The Morgan fingerprint density at radius 2 is 1.65 bits per heavy atom. The first kappa shape index (κ1) is 16.4. The number of hydrogen-bond donors (Lipinski definition) is 0. The Morgan fingerprint density at radius 3 is 2.42 bits per heavy atom. The van der Waals surface area contributed by atoms with Crippen molar-refractivity contribution < 1.29 is 9.13 Å². The van der Waals surface area contributed by atoms with Crippen LogP contribution in [0.3, 0.4) is 0 Å². The number of ether oxygens (including phenoxy) is 1. The van der Waals surface area contributed by atoms with Gasteiger partial charge >= 0.3 is 0 Å². The van der Waals surface area contributed by atoms with Gasteiger partial charge in [0, 0.05) is 26.0 Å². The predicted octanol–water partition coefficient (Wildman–Crippen LogP) is 4.38. The normalized spacial score (nSPS) is 11.2. The van der Waals surface area contributed by atoms with Crippen LogP contribution in [0, 0.1) is 5.82 Å². The molecular weight excluding hydrogens is 329 g/mol. The number of pyridine rings is 1. The fourth-order valence-corrected chi connectivity index (χ4v) is 2.93. The molecule has 0 bridgehead atoms. The van der Waals surface area contributed by atoms with Crippen molar-refractivity contribution in [2.45, 2.75) is 13.2 Å². The molecule has 2 aromatic rings. The molecule has 2 aliphatic heterocycles. The highest BCUT2D eigenvalue weighted by Crippen LogP contribution is 2.26. The smallest absolute Gasteiger partial charge is 0.163 e. The number of methoxy groups -OCH3 is 1. The van der Waals surface area contributed by atoms with Crippen LogP contribution in [0.5, 0.6) is 0 Å². The molecule has 0 saturated carbocycles. The maximum Gasteiger partial charge on any atom is 0.163 e. The van der Waals surface area contributed by atoms with Crippen LogP contribution in [-0.2, 0) is 17.9 Å². The number of aromatic nitrogens is 3. The van der Waals surface area contributed by atoms with E-state index in [0.29, 0.717) is 18.0 Å². The van der Waals surface area contributed by atoms with E-state index in [9.17, 15) is 4.39 Å². The summed E-state index contributed by atoms with van der Waals surface area (Å²) >= 11 is 0. The summed E-state index contributed by atoms with van der Waals surface area (Å²) in [5.41, 5.74) is 4.26. The van der Waals surface area contributed by atoms with Crippen LogP contribution < -0.4 is 0 Å². The predicted molar refractivity (Wildman–Crippen MR) is 98.3 cm³/mol. The van der Waals surface area contributed by atoms with Crippen molar-refractivity contribution in [2.24, 2.45) is 0 Å². The Morgan fingerprint density at radius 1 is 0.923 bits per heavy atom. The lowest BCUT2D eigenvalue weighted by Gasteiger charge is -2.09. The molecule has 0 aromatic heterocycles. The third-order valence-corrected chi connectivity index (χ3v) is 4.24. The summed E-state index contributed by atoms with van der Waals surface area (Å²) < 4.78 is 21.1. The standard InChI is InChI=1S/C21H18FN3O/c1-26-14-16-8-6-15(7-9-16)12-25-11-10-19-20(13-25)24-21(23-19)17-4-2-3-5-18(17)22/h2-11,13H,12,14H2,1H3. The average Bonchev–Trinajstić information content (AvgIpc) is 3.07. The molecule has 4 rings (SSSR count). The van der Waals surface area contributed by atoms with E-state index in [1.54, 1.807) is 25.3 Å². The molecule has 0 amide bonds. The van der Waals surface area contributed by atoms with Gasteiger partial charge in [-0.15, -0.1) is 0 Å². The van der Waals surface area contributed by atoms with Gasteiger partial charge in [0.2, 0.25) is 0 Å². The Labute approximate surface area is 151 Å². The van der Waals surface area contributed by atoms with Gasteiger partial charge in [0.1, 0.15) is 11.5 Å². The van der Waals surface area contributed by atoms with E-state index < -0.39 is 0 Å². The van der Waals surface area contributed by atoms with Crippen LogP contribution in [0.15, 0.2) is 67.0 Å². The molecule has 0 fully saturated rings. The second kappa shape index (κ2) is 7.06. The highest BCUT2D eigenvalue weighted by molar-refractivity contribution is 5.65. The summed E-state index contributed by atoms with van der Waals surface area (Å²) in [4.78, 5) is 8.94. The molecular formula is C21H18FN3O. The monoisotopic (exact) mass is 347 g/mol. The highest BCUT2D eigenvalue weighted by Gasteiger charge is 2.15. The number of halogens is 1. The van der Waals surface area contributed by atoms with E-state index in [2.05, 4.69) is 34.2 Å². The van der Waals surface area contributed by atoms with Crippen LogP contribution >= 0.6 is 0 Å². The maximum atomic E-state index is 14.0. The molecule has 26 heavy (non-hydrogen) atoms. The molecule has 0 spiro atoms. The number of benzene rings is 2. The van der Waals surface area contributed by atoms with Gasteiger partial charge in [0.15, 0.2) is 5.82 Å². The Bertz CT molecular complexity index is 994. The minimum Gasteiger partial charge on any atom is -0.380 e. The summed E-state index contributed by atoms with van der Waals surface area (Å²) in [6.07, 6.45) is 3.90. The molecule has 2 aliphatic rings. The maximum absolute atomic E-state index is 14.0. The van der Waals surface area contributed by atoms with E-state index in [-0.39, 0.29) is 5.82 Å². The Kier molecular flexibility index (Phi) is 4.46. The molecule has 2 heterocycles. The molecule has 0 radical (unpaired) electrons. The van der Waals surface area contributed by atoms with Gasteiger partial charge in [-0.3, -0.25) is 0 Å². The SMILES string of the molecule is COCc1ccc(Cn2ccc3nc(-c4ccccc4F)nc-3c2)cc1. The molecule has 0 saturated heterocycles. The second-order valence-electron chi connectivity index (χ2n) is 6.16. The zero-order valence-electron chi connectivity index (χ0n) is 14.4. The van der Waals surface area contributed by atoms with Gasteiger partial charge in [-0.25, -0.2) is 14.4 Å². The first-order chi connectivity index (χ1) is 12.7. The highest BCUT2D eigenvalue weighted by atomic mass is 19.1. The van der Waals surface area contributed by atoms with E-state index in [1.165, 1.54) is 11.6 Å². The third-order valence-electron chi connectivity index (χ3n) is 4.24. The average molecular weight is 347 g/mol. The van der Waals surface area contributed by atoms with Crippen molar-refractivity contribution in [3.63, 3.8) is 0 Å². The number of nitrogens with zero attached hydrogens (tertiary/aromatic N) is 3. The topological polar surface area (TPSA) is 39.9 Å². The van der Waals surface area contributed by atoms with Crippen molar-refractivity contribution in [1.29, 1.82) is 0 Å². The minimum absolute atomic E-state index is 0.313. The molecule has 0 atom stereocenters. The van der Waals surface area contributed by atoms with Gasteiger partial charge in [0.05, 0.1) is 17.9 Å². The van der Waals surface area contributed by atoms with E-state index in [1.807, 2.05) is 23.0 Å². The van der Waals surface area contributed by atoms with Crippen molar-refractivity contribution in [2.75, 3.05) is 7.11 Å². The fourth-order valence-electron chi connectivity index (χ4n) is 2.93. The lowest BCUT2D eigenvalue weighted by atomic mass is 10.1. The molecule has 4 nitrogen and oxygen atoms in total. The van der Waals surface area contributed by atoms with Gasteiger partial charge in [-0.1, -0.05) is 36.4 Å². The van der Waals surface area contributed by atoms with Crippen molar-refractivity contribution in [1.82, 2.24) is 14.5 Å². The summed E-state index contributed by atoms with van der Waals surface area (Å²) in [6.45, 7) is 1.34. The van der Waals surface area contributed by atoms with Gasteiger partial charge in [-0.2, -0.15) is 0 Å². The lowest BCUT2D eigenvalue weighted by Crippen LogP contribution is -2.01. The van der Waals surface area contributed by atoms with E-state index >= 15 is 0 Å². The Balaban J connectivity index is 1.60. The van der Waals surface area contributed by atoms with Gasteiger partial charge in [-0.05, 0) is 29.3 Å². The van der Waals surface area contributed by atoms with E-state index in [0.717, 1.165) is 23.5 Å². The summed E-state index contributed by atoms with van der Waals surface area (Å²) in [5, 5.41) is 0. The number of imidazole rings is 1. The summed E-state index contributed by atoms with van der Waals surface area (Å²) in [6, 6.07) is 16.8. The van der Waals surface area contributed by atoms with Gasteiger partial charge in [0.25, 0.3) is 0 Å². The molecule has 0 unspecified atom stereocenters. The zero-order chi connectivity index (χ0) is 17.9. The van der Waals surface area contributed by atoms with Crippen molar-refractivity contribution in [3.8, 4) is 22.8 Å². The quantitative estimate of drug-likeness (QED) is 0.538. The van der Waals surface area contributed by atoms with Crippen molar-refractivity contribution >= 4 is 0 Å². The molecule has 130 valence electrons. The number of fused-ring (bicyclic) bond motifs is 1. The van der Waals surface area contributed by atoms with Gasteiger partial charge < -0.3 is 9.30 Å². The third kappa shape index (κ3) is 3.34. The molecule has 5 heteroatoms.